The highest BCUT2D eigenvalue weighted by molar-refractivity contribution is 9.10. The molecule has 1 unspecified atom stereocenters. The minimum atomic E-state index is -0.813. The fourth-order valence-corrected chi connectivity index (χ4v) is 1.42. The van der Waals surface area contributed by atoms with Crippen LogP contribution in [0, 0.1) is 5.82 Å². The summed E-state index contributed by atoms with van der Waals surface area (Å²) in [6.07, 6.45) is -0.813. The molecule has 0 aliphatic carbocycles. The number of hydrogen-bond donors (Lipinski definition) is 3. The molecule has 14 heavy (non-hydrogen) atoms. The second-order valence-electron chi connectivity index (χ2n) is 2.84. The summed E-state index contributed by atoms with van der Waals surface area (Å²) in [6, 6.07) is 4.20. The number of rotatable bonds is 4. The maximum atomic E-state index is 12.7. The van der Waals surface area contributed by atoms with E-state index in [-0.39, 0.29) is 19.0 Å². The van der Waals surface area contributed by atoms with Gasteiger partial charge in [-0.2, -0.15) is 0 Å². The fourth-order valence-electron chi connectivity index (χ4n) is 0.925. The second kappa shape index (κ2) is 5.29. The molecule has 1 aromatic rings. The monoisotopic (exact) mass is 263 g/mol. The minimum absolute atomic E-state index is 0.223. The van der Waals surface area contributed by atoms with Crippen molar-refractivity contribution >= 4 is 21.6 Å². The van der Waals surface area contributed by atoms with Crippen LogP contribution in [0.4, 0.5) is 10.1 Å². The molecule has 1 rings (SSSR count). The number of halogens is 2. The quantitative estimate of drug-likeness (QED) is 0.769. The molecular weight excluding hydrogens is 253 g/mol. The third kappa shape index (κ3) is 3.25. The van der Waals surface area contributed by atoms with Crippen molar-refractivity contribution in [3.63, 3.8) is 0 Å². The van der Waals surface area contributed by atoms with E-state index < -0.39 is 6.10 Å². The molecule has 0 bridgehead atoms. The van der Waals surface area contributed by atoms with Gasteiger partial charge >= 0.3 is 0 Å². The van der Waals surface area contributed by atoms with Crippen molar-refractivity contribution in [2.24, 2.45) is 0 Å². The molecule has 3 nitrogen and oxygen atoms in total. The fraction of sp³-hybridized carbons (Fsp3) is 0.333. The van der Waals surface area contributed by atoms with E-state index in [1.54, 1.807) is 6.07 Å². The lowest BCUT2D eigenvalue weighted by molar-refractivity contribution is 0.105. The molecule has 0 radical (unpaired) electrons. The Hall–Kier alpha value is -0.650. The van der Waals surface area contributed by atoms with Crippen molar-refractivity contribution < 1.29 is 14.6 Å². The van der Waals surface area contributed by atoms with E-state index >= 15 is 0 Å². The van der Waals surface area contributed by atoms with Crippen LogP contribution in [0.1, 0.15) is 0 Å². The number of anilines is 1. The van der Waals surface area contributed by atoms with Crippen LogP contribution >= 0.6 is 15.9 Å². The first-order chi connectivity index (χ1) is 6.63. The Bertz CT molecular complexity index is 309. The summed E-state index contributed by atoms with van der Waals surface area (Å²) >= 11 is 3.17. The van der Waals surface area contributed by atoms with Crippen LogP contribution in [0.2, 0.25) is 0 Å². The molecule has 5 heteroatoms. The minimum Gasteiger partial charge on any atom is -0.394 e. The van der Waals surface area contributed by atoms with Crippen molar-refractivity contribution in [1.29, 1.82) is 0 Å². The lowest BCUT2D eigenvalue weighted by Gasteiger charge is -2.11. The zero-order chi connectivity index (χ0) is 10.6. The molecule has 1 atom stereocenters. The lowest BCUT2D eigenvalue weighted by Crippen LogP contribution is -2.23. The number of hydrogen-bond acceptors (Lipinski definition) is 3. The molecule has 0 amide bonds. The SMILES string of the molecule is OCC(O)CNc1ccc(F)cc1Br. The molecule has 0 fully saturated rings. The van der Waals surface area contributed by atoms with Crippen LogP contribution in [-0.4, -0.2) is 29.5 Å². The van der Waals surface area contributed by atoms with Gasteiger partial charge in [0.15, 0.2) is 0 Å². The van der Waals surface area contributed by atoms with E-state index in [0.717, 1.165) is 0 Å². The topological polar surface area (TPSA) is 52.5 Å². The first kappa shape index (κ1) is 11.4. The summed E-state index contributed by atoms with van der Waals surface area (Å²) in [5.74, 6) is -0.329. The summed E-state index contributed by atoms with van der Waals surface area (Å²) in [6.45, 7) is -0.0768. The van der Waals surface area contributed by atoms with E-state index in [9.17, 15) is 4.39 Å². The molecule has 0 spiro atoms. The van der Waals surface area contributed by atoms with Gasteiger partial charge in [-0.3, -0.25) is 0 Å². The molecule has 0 heterocycles. The van der Waals surface area contributed by atoms with Gasteiger partial charge in [0.1, 0.15) is 5.82 Å². The second-order valence-corrected chi connectivity index (χ2v) is 3.70. The summed E-state index contributed by atoms with van der Waals surface area (Å²) in [4.78, 5) is 0. The smallest absolute Gasteiger partial charge is 0.124 e. The van der Waals surface area contributed by atoms with Crippen LogP contribution in [0.3, 0.4) is 0 Å². The largest absolute Gasteiger partial charge is 0.394 e. The Morgan fingerprint density at radius 2 is 2.21 bits per heavy atom. The van der Waals surface area contributed by atoms with Crippen LogP contribution in [0.25, 0.3) is 0 Å². The van der Waals surface area contributed by atoms with Crippen molar-refractivity contribution in [1.82, 2.24) is 0 Å². The van der Waals surface area contributed by atoms with Gasteiger partial charge < -0.3 is 15.5 Å². The van der Waals surface area contributed by atoms with Crippen molar-refractivity contribution in [2.75, 3.05) is 18.5 Å². The molecule has 0 saturated heterocycles. The molecule has 0 aliphatic rings. The Kier molecular flexibility index (Phi) is 4.31. The molecule has 0 saturated carbocycles. The van der Waals surface area contributed by atoms with E-state index in [2.05, 4.69) is 21.2 Å². The van der Waals surface area contributed by atoms with Crippen LogP contribution in [-0.2, 0) is 0 Å². The maximum absolute atomic E-state index is 12.7. The zero-order valence-corrected chi connectivity index (χ0v) is 8.96. The molecule has 0 aromatic heterocycles. The average Bonchev–Trinajstić information content (AvgIpc) is 2.16. The Morgan fingerprint density at radius 3 is 2.79 bits per heavy atom. The maximum Gasteiger partial charge on any atom is 0.124 e. The van der Waals surface area contributed by atoms with Crippen LogP contribution in [0.15, 0.2) is 22.7 Å². The van der Waals surface area contributed by atoms with Gasteiger partial charge in [0, 0.05) is 16.7 Å². The standard InChI is InChI=1S/C9H11BrFNO2/c10-8-3-6(11)1-2-9(8)12-4-7(14)5-13/h1-3,7,12-14H,4-5H2. The number of nitrogens with one attached hydrogen (secondary N) is 1. The highest BCUT2D eigenvalue weighted by Gasteiger charge is 2.04. The Labute approximate surface area is 89.7 Å². The first-order valence-corrected chi connectivity index (χ1v) is 4.90. The van der Waals surface area contributed by atoms with Crippen LogP contribution in [0.5, 0.6) is 0 Å². The predicted molar refractivity (Wildman–Crippen MR) is 55.7 cm³/mol. The Morgan fingerprint density at radius 1 is 1.50 bits per heavy atom. The average molecular weight is 264 g/mol. The van der Waals surface area contributed by atoms with E-state index in [0.29, 0.717) is 10.2 Å². The molecule has 3 N–H and O–H groups in total. The first-order valence-electron chi connectivity index (χ1n) is 4.11. The summed E-state index contributed by atoms with van der Waals surface area (Å²) in [5, 5.41) is 20.5. The van der Waals surface area contributed by atoms with E-state index in [4.69, 9.17) is 10.2 Å². The lowest BCUT2D eigenvalue weighted by atomic mass is 10.3. The van der Waals surface area contributed by atoms with Gasteiger partial charge in [0.2, 0.25) is 0 Å². The molecule has 0 aliphatic heterocycles. The van der Waals surface area contributed by atoms with Crippen molar-refractivity contribution in [2.45, 2.75) is 6.10 Å². The van der Waals surface area contributed by atoms with Gasteiger partial charge in [-0.1, -0.05) is 0 Å². The third-order valence-electron chi connectivity index (χ3n) is 1.67. The highest BCUT2D eigenvalue weighted by atomic mass is 79.9. The number of aliphatic hydroxyl groups is 2. The summed E-state index contributed by atoms with van der Waals surface area (Å²) < 4.78 is 13.3. The normalized spacial score (nSPS) is 12.6. The zero-order valence-electron chi connectivity index (χ0n) is 7.37. The van der Waals surface area contributed by atoms with Gasteiger partial charge in [-0.15, -0.1) is 0 Å². The van der Waals surface area contributed by atoms with Crippen LogP contribution < -0.4 is 5.32 Å². The number of benzene rings is 1. The van der Waals surface area contributed by atoms with Crippen molar-refractivity contribution in [3.8, 4) is 0 Å². The van der Waals surface area contributed by atoms with E-state index in [1.165, 1.54) is 12.1 Å². The summed E-state index contributed by atoms with van der Waals surface area (Å²) in [7, 11) is 0. The molecule has 1 aromatic carbocycles. The molecule has 78 valence electrons. The Balaban J connectivity index is 2.59. The van der Waals surface area contributed by atoms with E-state index in [1.807, 2.05) is 0 Å². The molecular formula is C9H11BrFNO2. The predicted octanol–water partition coefficient (Wildman–Crippen LogP) is 1.35. The van der Waals surface area contributed by atoms with Gasteiger partial charge in [-0.05, 0) is 34.1 Å². The van der Waals surface area contributed by atoms with Gasteiger partial charge in [0.05, 0.1) is 12.7 Å². The summed E-state index contributed by atoms with van der Waals surface area (Å²) in [5.41, 5.74) is 0.680. The van der Waals surface area contributed by atoms with Gasteiger partial charge in [-0.25, -0.2) is 4.39 Å². The van der Waals surface area contributed by atoms with Crippen molar-refractivity contribution in [3.05, 3.63) is 28.5 Å². The number of aliphatic hydroxyl groups excluding tert-OH is 2. The third-order valence-corrected chi connectivity index (χ3v) is 2.33. The highest BCUT2D eigenvalue weighted by Crippen LogP contribution is 2.22. The van der Waals surface area contributed by atoms with Gasteiger partial charge in [0.25, 0.3) is 0 Å².